The molecule has 1 aromatic carbocycles. The van der Waals surface area contributed by atoms with Crippen LogP contribution in [-0.4, -0.2) is 52.5 Å². The molecule has 2 heterocycles. The van der Waals surface area contributed by atoms with Gasteiger partial charge in [0.2, 0.25) is 5.91 Å². The third-order valence-corrected chi connectivity index (χ3v) is 4.96. The quantitative estimate of drug-likeness (QED) is 0.846. The first kappa shape index (κ1) is 19.0. The highest BCUT2D eigenvalue weighted by Gasteiger charge is 2.32. The number of carbonyl (C=O) groups excluding carboxylic acids is 2. The number of rotatable bonds is 5. The molecule has 1 aliphatic heterocycles. The molecule has 6 nitrogen and oxygen atoms in total. The molecule has 0 bridgehead atoms. The molecule has 1 fully saturated rings. The summed E-state index contributed by atoms with van der Waals surface area (Å²) in [4.78, 5) is 31.1. The maximum absolute atomic E-state index is 12.9. The fraction of sp³-hybridized carbons (Fsp3) is 0.381. The highest BCUT2D eigenvalue weighted by molar-refractivity contribution is 5.98. The summed E-state index contributed by atoms with van der Waals surface area (Å²) in [6, 6.07) is 10.7. The van der Waals surface area contributed by atoms with Crippen LogP contribution in [0.1, 0.15) is 35.0 Å². The van der Waals surface area contributed by atoms with Crippen LogP contribution in [0.3, 0.4) is 0 Å². The zero-order valence-corrected chi connectivity index (χ0v) is 15.7. The summed E-state index contributed by atoms with van der Waals surface area (Å²) in [6.45, 7) is 4.86. The third kappa shape index (κ3) is 4.01. The first-order chi connectivity index (χ1) is 13.0. The Labute approximate surface area is 159 Å². The lowest BCUT2D eigenvalue weighted by Gasteiger charge is -2.34. The molecule has 0 saturated carbocycles. The van der Waals surface area contributed by atoms with Crippen molar-refractivity contribution in [1.82, 2.24) is 15.2 Å². The van der Waals surface area contributed by atoms with Gasteiger partial charge in [-0.05, 0) is 43.5 Å². The molecule has 2 amide bonds. The third-order valence-electron chi connectivity index (χ3n) is 4.96. The van der Waals surface area contributed by atoms with Crippen molar-refractivity contribution in [2.45, 2.75) is 32.7 Å². The maximum atomic E-state index is 12.9. The van der Waals surface area contributed by atoms with Crippen LogP contribution in [-0.2, 0) is 11.2 Å². The Morgan fingerprint density at radius 1 is 1.26 bits per heavy atom. The van der Waals surface area contributed by atoms with Crippen molar-refractivity contribution < 1.29 is 14.7 Å². The Hall–Kier alpha value is -2.73. The first-order valence-corrected chi connectivity index (χ1v) is 9.31. The second kappa shape index (κ2) is 8.31. The molecular formula is C21H25N3O3. The summed E-state index contributed by atoms with van der Waals surface area (Å²) in [7, 11) is 0. The molecule has 0 aliphatic carbocycles. The standard InChI is InChI=1S/C21H25N3O3/c1-3-17-14(2)4-9-18(23-17)15-5-7-16(8-6-15)21(27)24-12-11-22-20(26)19(24)10-13-25/h4-9,19,25H,3,10-13H2,1-2H3,(H,22,26)/t19-/m0/s1. The number of aryl methyl sites for hydroxylation is 2. The lowest BCUT2D eigenvalue weighted by molar-refractivity contribution is -0.128. The zero-order valence-electron chi connectivity index (χ0n) is 15.7. The van der Waals surface area contributed by atoms with Gasteiger partial charge in [-0.25, -0.2) is 0 Å². The highest BCUT2D eigenvalue weighted by atomic mass is 16.3. The van der Waals surface area contributed by atoms with Crippen molar-refractivity contribution in [3.63, 3.8) is 0 Å². The van der Waals surface area contributed by atoms with Gasteiger partial charge < -0.3 is 15.3 Å². The predicted molar refractivity (Wildman–Crippen MR) is 103 cm³/mol. The Morgan fingerprint density at radius 3 is 2.67 bits per heavy atom. The molecule has 0 radical (unpaired) electrons. The van der Waals surface area contributed by atoms with Gasteiger partial charge in [-0.15, -0.1) is 0 Å². The van der Waals surface area contributed by atoms with E-state index in [1.165, 1.54) is 5.56 Å². The number of pyridine rings is 1. The van der Waals surface area contributed by atoms with Crippen molar-refractivity contribution in [2.75, 3.05) is 19.7 Å². The van der Waals surface area contributed by atoms with Gasteiger partial charge >= 0.3 is 0 Å². The molecule has 0 unspecified atom stereocenters. The van der Waals surface area contributed by atoms with Crippen LogP contribution >= 0.6 is 0 Å². The van der Waals surface area contributed by atoms with Crippen LogP contribution in [0.15, 0.2) is 36.4 Å². The number of hydrogen-bond acceptors (Lipinski definition) is 4. The van der Waals surface area contributed by atoms with E-state index in [-0.39, 0.29) is 24.8 Å². The summed E-state index contributed by atoms with van der Waals surface area (Å²) < 4.78 is 0. The normalized spacial score (nSPS) is 16.9. The fourth-order valence-corrected chi connectivity index (χ4v) is 3.41. The van der Waals surface area contributed by atoms with Crippen molar-refractivity contribution in [2.24, 2.45) is 0 Å². The van der Waals surface area contributed by atoms with E-state index in [0.29, 0.717) is 18.7 Å². The van der Waals surface area contributed by atoms with Crippen LogP contribution in [0.4, 0.5) is 0 Å². The van der Waals surface area contributed by atoms with Gasteiger partial charge in [0.1, 0.15) is 6.04 Å². The van der Waals surface area contributed by atoms with Gasteiger partial charge in [0, 0.05) is 36.5 Å². The van der Waals surface area contributed by atoms with Crippen molar-refractivity contribution in [3.8, 4) is 11.3 Å². The number of aliphatic hydroxyl groups is 1. The number of nitrogens with zero attached hydrogens (tertiary/aromatic N) is 2. The SMILES string of the molecule is CCc1nc(-c2ccc(C(=O)N3CCNC(=O)[C@@H]3CCO)cc2)ccc1C. The van der Waals surface area contributed by atoms with Crippen LogP contribution in [0, 0.1) is 6.92 Å². The molecule has 1 aliphatic rings. The molecule has 2 N–H and O–H groups in total. The molecule has 1 saturated heterocycles. The van der Waals surface area contributed by atoms with Crippen molar-refractivity contribution in [1.29, 1.82) is 0 Å². The smallest absolute Gasteiger partial charge is 0.254 e. The molecule has 1 aromatic heterocycles. The van der Waals surface area contributed by atoms with E-state index in [1.807, 2.05) is 18.2 Å². The first-order valence-electron chi connectivity index (χ1n) is 9.31. The minimum Gasteiger partial charge on any atom is -0.396 e. The Morgan fingerprint density at radius 2 is 2.00 bits per heavy atom. The Kier molecular flexibility index (Phi) is 5.86. The van der Waals surface area contributed by atoms with Gasteiger partial charge in [-0.3, -0.25) is 14.6 Å². The van der Waals surface area contributed by atoms with E-state index < -0.39 is 6.04 Å². The number of hydrogen-bond donors (Lipinski definition) is 2. The number of aliphatic hydroxyl groups excluding tert-OH is 1. The van der Waals surface area contributed by atoms with E-state index >= 15 is 0 Å². The molecule has 1 atom stereocenters. The molecule has 6 heteroatoms. The average molecular weight is 367 g/mol. The van der Waals surface area contributed by atoms with Crippen LogP contribution in [0.5, 0.6) is 0 Å². The Balaban J connectivity index is 1.82. The average Bonchev–Trinajstić information content (AvgIpc) is 2.69. The second-order valence-corrected chi connectivity index (χ2v) is 6.71. The topological polar surface area (TPSA) is 82.5 Å². The summed E-state index contributed by atoms with van der Waals surface area (Å²) in [6.07, 6.45) is 1.11. The highest BCUT2D eigenvalue weighted by Crippen LogP contribution is 2.21. The minimum absolute atomic E-state index is 0.139. The van der Waals surface area contributed by atoms with Gasteiger partial charge in [0.15, 0.2) is 0 Å². The predicted octanol–water partition coefficient (Wildman–Crippen LogP) is 1.94. The number of piperazine rings is 1. The molecule has 27 heavy (non-hydrogen) atoms. The Bertz CT molecular complexity index is 833. The lowest BCUT2D eigenvalue weighted by Crippen LogP contribution is -2.57. The van der Waals surface area contributed by atoms with E-state index in [4.69, 9.17) is 4.98 Å². The monoisotopic (exact) mass is 367 g/mol. The lowest BCUT2D eigenvalue weighted by atomic mass is 10.0. The molecule has 142 valence electrons. The van der Waals surface area contributed by atoms with E-state index in [9.17, 15) is 14.7 Å². The van der Waals surface area contributed by atoms with Crippen LogP contribution in [0.2, 0.25) is 0 Å². The van der Waals surface area contributed by atoms with E-state index in [0.717, 1.165) is 23.4 Å². The number of carbonyl (C=O) groups is 2. The molecular weight excluding hydrogens is 342 g/mol. The minimum atomic E-state index is -0.623. The fourth-order valence-electron chi connectivity index (χ4n) is 3.41. The second-order valence-electron chi connectivity index (χ2n) is 6.71. The van der Waals surface area contributed by atoms with Gasteiger partial charge in [0.05, 0.1) is 5.69 Å². The molecule has 0 spiro atoms. The van der Waals surface area contributed by atoms with Crippen molar-refractivity contribution in [3.05, 3.63) is 53.2 Å². The molecule has 3 rings (SSSR count). The van der Waals surface area contributed by atoms with Crippen molar-refractivity contribution >= 4 is 11.8 Å². The van der Waals surface area contributed by atoms with Gasteiger partial charge in [0.25, 0.3) is 5.91 Å². The zero-order chi connectivity index (χ0) is 19.4. The summed E-state index contributed by atoms with van der Waals surface area (Å²) in [5.41, 5.74) is 4.60. The van der Waals surface area contributed by atoms with Crippen LogP contribution in [0.25, 0.3) is 11.3 Å². The summed E-state index contributed by atoms with van der Waals surface area (Å²) in [5.74, 6) is -0.405. The number of benzene rings is 1. The van der Waals surface area contributed by atoms with E-state index in [1.54, 1.807) is 17.0 Å². The number of aromatic nitrogens is 1. The summed E-state index contributed by atoms with van der Waals surface area (Å²) in [5, 5.41) is 12.0. The van der Waals surface area contributed by atoms with Gasteiger partial charge in [-0.2, -0.15) is 0 Å². The van der Waals surface area contributed by atoms with Crippen LogP contribution < -0.4 is 5.32 Å². The maximum Gasteiger partial charge on any atom is 0.254 e. The largest absolute Gasteiger partial charge is 0.396 e. The number of amides is 2. The number of nitrogens with one attached hydrogen (secondary N) is 1. The van der Waals surface area contributed by atoms with Gasteiger partial charge in [-0.1, -0.05) is 25.1 Å². The molecule has 2 aromatic rings. The summed E-state index contributed by atoms with van der Waals surface area (Å²) >= 11 is 0. The van der Waals surface area contributed by atoms with E-state index in [2.05, 4.69) is 25.2 Å².